The molecule has 0 spiro atoms. The van der Waals surface area contributed by atoms with Crippen molar-refractivity contribution in [1.29, 1.82) is 0 Å². The Morgan fingerprint density at radius 1 is 1.30 bits per heavy atom. The fraction of sp³-hybridized carbons (Fsp3) is 0.867. The predicted molar refractivity (Wildman–Crippen MR) is 89.2 cm³/mol. The van der Waals surface area contributed by atoms with Gasteiger partial charge < -0.3 is 9.64 Å². The summed E-state index contributed by atoms with van der Waals surface area (Å²) < 4.78 is 28.9. The molecule has 2 bridgehead atoms. The molecule has 4 rings (SSSR count). The minimum atomic E-state index is -2.97. The molecule has 2 saturated heterocycles. The van der Waals surface area contributed by atoms with Crippen LogP contribution in [0.25, 0.3) is 0 Å². The lowest BCUT2D eigenvalue weighted by Gasteiger charge is -2.36. The number of amidine groups is 1. The van der Waals surface area contributed by atoms with Gasteiger partial charge in [0.2, 0.25) is 0 Å². The van der Waals surface area contributed by atoms with Crippen LogP contribution in [0.15, 0.2) is 4.99 Å². The van der Waals surface area contributed by atoms with Crippen LogP contribution in [0.5, 0.6) is 0 Å². The van der Waals surface area contributed by atoms with Crippen LogP contribution in [-0.4, -0.2) is 66.9 Å². The Balaban J connectivity index is 1.63. The summed E-state index contributed by atoms with van der Waals surface area (Å²) in [6.07, 6.45) is 4.88. The van der Waals surface area contributed by atoms with E-state index in [0.717, 1.165) is 17.5 Å². The molecule has 5 atom stereocenters. The van der Waals surface area contributed by atoms with Crippen LogP contribution in [0.4, 0.5) is 0 Å². The number of carbonyl (C=O) groups excluding carboxylic acids is 1. The smallest absolute Gasteiger partial charge is 0.274 e. The van der Waals surface area contributed by atoms with Crippen LogP contribution in [0.2, 0.25) is 0 Å². The van der Waals surface area contributed by atoms with Crippen molar-refractivity contribution in [3.8, 4) is 0 Å². The second kappa shape index (κ2) is 5.74. The second-order valence-electron chi connectivity index (χ2n) is 7.17. The first-order chi connectivity index (χ1) is 11.0. The summed E-state index contributed by atoms with van der Waals surface area (Å²) in [6, 6.07) is 0.349. The number of thioether (sulfide) groups is 1. The molecule has 4 aliphatic rings. The van der Waals surface area contributed by atoms with Gasteiger partial charge in [-0.05, 0) is 31.1 Å². The average molecular weight is 358 g/mol. The van der Waals surface area contributed by atoms with Crippen LogP contribution < -0.4 is 0 Å². The summed E-state index contributed by atoms with van der Waals surface area (Å²) in [4.78, 5) is 18.4. The number of hydrogen-bond donors (Lipinski definition) is 0. The lowest BCUT2D eigenvalue weighted by molar-refractivity contribution is -0.121. The minimum absolute atomic E-state index is 0.0107. The van der Waals surface area contributed by atoms with E-state index in [9.17, 15) is 13.2 Å². The van der Waals surface area contributed by atoms with E-state index in [1.807, 2.05) is 0 Å². The molecule has 6 nitrogen and oxygen atoms in total. The highest BCUT2D eigenvalue weighted by Crippen LogP contribution is 2.51. The molecular formula is C15H22N2O4S2. The molecule has 0 radical (unpaired) electrons. The third-order valence-electron chi connectivity index (χ3n) is 5.65. The van der Waals surface area contributed by atoms with Crippen molar-refractivity contribution in [2.75, 3.05) is 25.2 Å². The van der Waals surface area contributed by atoms with E-state index < -0.39 is 9.84 Å². The zero-order chi connectivity index (χ0) is 16.2. The predicted octanol–water partition coefficient (Wildman–Crippen LogP) is 0.918. The molecule has 2 saturated carbocycles. The van der Waals surface area contributed by atoms with E-state index in [1.54, 1.807) is 0 Å². The highest BCUT2D eigenvalue weighted by Gasteiger charge is 2.54. The van der Waals surface area contributed by atoms with Gasteiger partial charge in [0.1, 0.15) is 6.61 Å². The van der Waals surface area contributed by atoms with Crippen LogP contribution in [0.1, 0.15) is 25.7 Å². The van der Waals surface area contributed by atoms with E-state index in [-0.39, 0.29) is 35.3 Å². The van der Waals surface area contributed by atoms with Gasteiger partial charge in [0.05, 0.1) is 17.5 Å². The van der Waals surface area contributed by atoms with E-state index in [1.165, 1.54) is 38.1 Å². The molecule has 128 valence electrons. The highest BCUT2D eigenvalue weighted by atomic mass is 32.2. The Kier molecular flexibility index (Phi) is 3.97. The molecule has 2 aliphatic heterocycles. The van der Waals surface area contributed by atoms with E-state index in [0.29, 0.717) is 12.0 Å². The number of carbonyl (C=O) groups is 1. The largest absolute Gasteiger partial charge is 0.375 e. The van der Waals surface area contributed by atoms with E-state index >= 15 is 0 Å². The first-order valence-corrected chi connectivity index (χ1v) is 10.9. The summed E-state index contributed by atoms with van der Waals surface area (Å²) >= 11 is 1.48. The van der Waals surface area contributed by atoms with Gasteiger partial charge in [-0.25, -0.2) is 8.42 Å². The van der Waals surface area contributed by atoms with Crippen LogP contribution >= 0.6 is 11.8 Å². The maximum atomic E-state index is 12.0. The number of methoxy groups -OCH3 is 1. The fourth-order valence-corrected chi connectivity index (χ4v) is 8.78. The Labute approximate surface area is 141 Å². The monoisotopic (exact) mass is 358 g/mol. The third-order valence-corrected chi connectivity index (χ3v) is 8.88. The van der Waals surface area contributed by atoms with Crippen molar-refractivity contribution in [2.45, 2.75) is 43.0 Å². The molecule has 0 unspecified atom stereocenters. The van der Waals surface area contributed by atoms with Gasteiger partial charge in [0.25, 0.3) is 5.91 Å². The van der Waals surface area contributed by atoms with Crippen molar-refractivity contribution in [3.05, 3.63) is 0 Å². The maximum Gasteiger partial charge on any atom is 0.274 e. The normalized spacial score (nSPS) is 42.6. The number of hydrogen-bond acceptors (Lipinski definition) is 5. The number of amides is 1. The SMILES string of the molecule is COCC(=O)N=C1S[C@@H]2CS(=O)(=O)C[C@H]2N1[C@@H]1C[C@@H]2CC[C@@H]1C2. The molecule has 0 aromatic heterocycles. The molecule has 8 heteroatoms. The van der Waals surface area contributed by atoms with Crippen LogP contribution in [0.3, 0.4) is 0 Å². The minimum Gasteiger partial charge on any atom is -0.375 e. The third kappa shape index (κ3) is 2.82. The van der Waals surface area contributed by atoms with Crippen molar-refractivity contribution < 1.29 is 17.9 Å². The molecule has 0 aromatic rings. The first-order valence-electron chi connectivity index (χ1n) is 8.22. The van der Waals surface area contributed by atoms with E-state index in [2.05, 4.69) is 9.89 Å². The number of aliphatic imine (C=N–C) groups is 1. The van der Waals surface area contributed by atoms with Crippen molar-refractivity contribution in [1.82, 2.24) is 4.90 Å². The molecule has 1 amide bonds. The lowest BCUT2D eigenvalue weighted by atomic mass is 9.93. The van der Waals surface area contributed by atoms with Gasteiger partial charge in [0.15, 0.2) is 15.0 Å². The fourth-order valence-electron chi connectivity index (χ4n) is 4.79. The number of ether oxygens (including phenoxy) is 1. The summed E-state index contributed by atoms with van der Waals surface area (Å²) in [6.45, 7) is -0.0255. The van der Waals surface area contributed by atoms with Gasteiger partial charge in [-0.3, -0.25) is 4.79 Å². The lowest BCUT2D eigenvalue weighted by Crippen LogP contribution is -2.47. The van der Waals surface area contributed by atoms with Crippen molar-refractivity contribution in [3.63, 3.8) is 0 Å². The highest BCUT2D eigenvalue weighted by molar-refractivity contribution is 8.15. The number of rotatable bonds is 3. The Hall–Kier alpha value is -0.600. The average Bonchev–Trinajstić information content (AvgIpc) is 3.18. The van der Waals surface area contributed by atoms with Gasteiger partial charge in [-0.15, -0.1) is 0 Å². The van der Waals surface area contributed by atoms with Gasteiger partial charge >= 0.3 is 0 Å². The summed E-state index contributed by atoms with van der Waals surface area (Å²) in [5, 5.41) is 0.753. The standard InChI is InChI=1S/C15H22N2O4S2/c1-21-6-14(18)16-15-17(11-5-9-2-3-10(11)4-9)12-7-23(19,20)8-13(12)22-15/h9-13H,2-8H2,1H3/t9-,10-,11-,12-,13-/m1/s1. The number of nitrogens with zero attached hydrogens (tertiary/aromatic N) is 2. The number of sulfone groups is 1. The van der Waals surface area contributed by atoms with Crippen molar-refractivity contribution >= 4 is 32.7 Å². The summed E-state index contributed by atoms with van der Waals surface area (Å²) in [5.41, 5.74) is 0. The van der Waals surface area contributed by atoms with Crippen LogP contribution in [0, 0.1) is 11.8 Å². The topological polar surface area (TPSA) is 76.0 Å². The summed E-state index contributed by atoms with van der Waals surface area (Å²) in [7, 11) is -1.49. The molecule has 0 N–H and O–H groups in total. The zero-order valence-corrected chi connectivity index (χ0v) is 14.8. The van der Waals surface area contributed by atoms with E-state index in [4.69, 9.17) is 4.74 Å². The van der Waals surface area contributed by atoms with Crippen LogP contribution in [-0.2, 0) is 19.4 Å². The molecular weight excluding hydrogens is 336 g/mol. The summed E-state index contributed by atoms with van der Waals surface area (Å²) in [5.74, 6) is 1.52. The number of fused-ring (bicyclic) bond motifs is 3. The second-order valence-corrected chi connectivity index (χ2v) is 10.5. The molecule has 2 heterocycles. The van der Waals surface area contributed by atoms with Gasteiger partial charge in [0, 0.05) is 18.4 Å². The van der Waals surface area contributed by atoms with Gasteiger partial charge in [-0.2, -0.15) is 4.99 Å². The Bertz CT molecular complexity index is 648. The zero-order valence-electron chi connectivity index (χ0n) is 13.2. The maximum absolute atomic E-state index is 12.0. The quantitative estimate of drug-likeness (QED) is 0.747. The van der Waals surface area contributed by atoms with Gasteiger partial charge in [-0.1, -0.05) is 18.2 Å². The molecule has 2 aliphatic carbocycles. The Morgan fingerprint density at radius 2 is 2.13 bits per heavy atom. The molecule has 4 fully saturated rings. The Morgan fingerprint density at radius 3 is 2.78 bits per heavy atom. The molecule has 0 aromatic carbocycles. The van der Waals surface area contributed by atoms with Crippen molar-refractivity contribution in [2.24, 2.45) is 16.8 Å². The molecule has 23 heavy (non-hydrogen) atoms. The first kappa shape index (κ1) is 15.9.